The van der Waals surface area contributed by atoms with Crippen LogP contribution in [0.1, 0.15) is 55.8 Å². The molecule has 0 atom stereocenters. The average molecular weight is 344 g/mol. The van der Waals surface area contributed by atoms with Crippen LogP contribution in [0.25, 0.3) is 0 Å². The summed E-state index contributed by atoms with van der Waals surface area (Å²) in [5.41, 5.74) is 1.35. The summed E-state index contributed by atoms with van der Waals surface area (Å²) < 4.78 is 5.89. The van der Waals surface area contributed by atoms with E-state index in [1.165, 1.54) is 12.0 Å². The smallest absolute Gasteiger partial charge is 0.229 e. The molecule has 4 nitrogen and oxygen atoms in total. The van der Waals surface area contributed by atoms with Gasteiger partial charge in [0.2, 0.25) is 5.91 Å². The zero-order chi connectivity index (χ0) is 18.9. The number of nitrogens with zero attached hydrogens (tertiary/aromatic N) is 1. The predicted octanol–water partition coefficient (Wildman–Crippen LogP) is 5.90. The van der Waals surface area contributed by atoms with Crippen molar-refractivity contribution in [3.05, 3.63) is 54.1 Å². The summed E-state index contributed by atoms with van der Waals surface area (Å²) in [5, 5.41) is 2.90. The molecule has 0 spiro atoms. The molecule has 1 heterocycles. The van der Waals surface area contributed by atoms with Crippen molar-refractivity contribution in [2.24, 2.45) is 5.41 Å². The topological polar surface area (TPSA) is 51.2 Å². The lowest BCUT2D eigenvalue weighted by molar-refractivity contribution is -0.123. The van der Waals surface area contributed by atoms with Crippen molar-refractivity contribution in [2.75, 3.05) is 5.32 Å². The van der Waals surface area contributed by atoms with Gasteiger partial charge in [-0.1, -0.05) is 58.8 Å². The minimum absolute atomic E-state index is 0. The number of aromatic nitrogens is 1. The van der Waals surface area contributed by atoms with Gasteiger partial charge in [-0.15, -0.1) is 0 Å². The highest BCUT2D eigenvalue weighted by molar-refractivity contribution is 5.95. The fraction of sp³-hybridized carbons (Fsp3) is 0.429. The molecule has 0 unspecified atom stereocenters. The summed E-state index contributed by atoms with van der Waals surface area (Å²) in [6.07, 6.45) is 13.3. The highest BCUT2D eigenvalue weighted by Gasteiger charge is 2.22. The van der Waals surface area contributed by atoms with Crippen LogP contribution < -0.4 is 10.1 Å². The van der Waals surface area contributed by atoms with Gasteiger partial charge in [0.05, 0.1) is 11.9 Å². The van der Waals surface area contributed by atoms with E-state index < -0.39 is 5.41 Å². The average Bonchev–Trinajstić information content (AvgIpc) is 2.74. The van der Waals surface area contributed by atoms with Gasteiger partial charge in [0.1, 0.15) is 5.76 Å². The van der Waals surface area contributed by atoms with Gasteiger partial charge in [-0.2, -0.15) is 0 Å². The highest BCUT2D eigenvalue weighted by Crippen LogP contribution is 2.27. The second-order valence-electron chi connectivity index (χ2n) is 7.01. The van der Waals surface area contributed by atoms with Crippen molar-refractivity contribution in [1.82, 2.24) is 4.98 Å². The van der Waals surface area contributed by atoms with Crippen molar-refractivity contribution in [1.29, 1.82) is 0 Å². The Bertz CT molecular complexity index is 671. The number of hydrogen-bond donors (Lipinski definition) is 1. The van der Waals surface area contributed by atoms with Crippen LogP contribution in [0.3, 0.4) is 0 Å². The standard InChI is InChI=1S/C18H22N2O2.C3H8.H2/c1-13-6-5-7-14(9-8-13)22-16-12-19-11-10-15(16)20-17(21)18(2,3)4;1-3-2;/h6-12H,5H2,1-4H3,(H,19,20,21);3H2,1-2H3;1H. The first-order valence-electron chi connectivity index (χ1n) is 8.76. The molecule has 138 valence electrons. The van der Waals surface area contributed by atoms with E-state index in [-0.39, 0.29) is 7.33 Å². The van der Waals surface area contributed by atoms with E-state index in [0.29, 0.717) is 11.4 Å². The van der Waals surface area contributed by atoms with E-state index in [2.05, 4.69) is 30.2 Å². The molecule has 0 saturated carbocycles. The van der Waals surface area contributed by atoms with Crippen LogP contribution in [0.2, 0.25) is 0 Å². The Morgan fingerprint density at radius 3 is 2.60 bits per heavy atom. The minimum Gasteiger partial charge on any atom is -0.454 e. The molecule has 0 aliphatic heterocycles. The van der Waals surface area contributed by atoms with Gasteiger partial charge >= 0.3 is 0 Å². The summed E-state index contributed by atoms with van der Waals surface area (Å²) in [4.78, 5) is 16.2. The highest BCUT2D eigenvalue weighted by atomic mass is 16.5. The Labute approximate surface area is 153 Å². The zero-order valence-corrected chi connectivity index (χ0v) is 16.2. The maximum absolute atomic E-state index is 12.2. The summed E-state index contributed by atoms with van der Waals surface area (Å²) in [6, 6.07) is 1.74. The molecule has 1 aromatic heterocycles. The maximum atomic E-state index is 12.2. The SMILES string of the molecule is CC1=CCC=C(Oc2cnccc2NC(=O)C(C)(C)C)C=C1.CCC.[HH]. The van der Waals surface area contributed by atoms with E-state index in [4.69, 9.17) is 4.74 Å². The second-order valence-corrected chi connectivity index (χ2v) is 7.01. The lowest BCUT2D eigenvalue weighted by Crippen LogP contribution is -2.27. The predicted molar refractivity (Wildman–Crippen MR) is 107 cm³/mol. The van der Waals surface area contributed by atoms with Gasteiger partial charge in [-0.25, -0.2) is 0 Å². The van der Waals surface area contributed by atoms with Crippen LogP contribution in [0.4, 0.5) is 5.69 Å². The first-order chi connectivity index (χ1) is 11.8. The quantitative estimate of drug-likeness (QED) is 0.743. The molecule has 0 bridgehead atoms. The maximum Gasteiger partial charge on any atom is 0.229 e. The number of rotatable bonds is 3. The number of carbonyl (C=O) groups is 1. The molecular formula is C21H32N2O2. The van der Waals surface area contributed by atoms with Gasteiger partial charge in [0.25, 0.3) is 0 Å². The summed E-state index contributed by atoms with van der Waals surface area (Å²) >= 11 is 0. The largest absolute Gasteiger partial charge is 0.454 e. The fourth-order valence-corrected chi connectivity index (χ4v) is 1.79. The monoisotopic (exact) mass is 344 g/mol. The molecule has 1 N–H and O–H groups in total. The van der Waals surface area contributed by atoms with Crippen LogP contribution in [0.5, 0.6) is 5.75 Å². The van der Waals surface area contributed by atoms with Crippen LogP contribution in [0.15, 0.2) is 54.1 Å². The Morgan fingerprint density at radius 1 is 1.28 bits per heavy atom. The first-order valence-corrected chi connectivity index (χ1v) is 8.76. The third-order valence-electron chi connectivity index (χ3n) is 3.21. The molecular weight excluding hydrogens is 312 g/mol. The molecule has 1 aliphatic rings. The molecule has 4 heteroatoms. The number of nitrogens with one attached hydrogen (secondary N) is 1. The lowest BCUT2D eigenvalue weighted by atomic mass is 9.95. The zero-order valence-electron chi connectivity index (χ0n) is 16.2. The Balaban J connectivity index is 0.00000146. The van der Waals surface area contributed by atoms with Crippen LogP contribution >= 0.6 is 0 Å². The van der Waals surface area contributed by atoms with E-state index in [0.717, 1.165) is 12.2 Å². The van der Waals surface area contributed by atoms with Crippen LogP contribution in [0, 0.1) is 5.41 Å². The van der Waals surface area contributed by atoms with Crippen molar-refractivity contribution in [2.45, 2.75) is 54.4 Å². The molecule has 0 aromatic carbocycles. The first kappa shape index (κ1) is 20.7. The number of amides is 1. The summed E-state index contributed by atoms with van der Waals surface area (Å²) in [6.45, 7) is 11.9. The third-order valence-corrected chi connectivity index (χ3v) is 3.21. The molecule has 0 saturated heterocycles. The van der Waals surface area contributed by atoms with E-state index in [1.807, 2.05) is 45.9 Å². The van der Waals surface area contributed by atoms with Crippen molar-refractivity contribution >= 4 is 11.6 Å². The van der Waals surface area contributed by atoms with Crippen molar-refractivity contribution in [3.63, 3.8) is 0 Å². The lowest BCUT2D eigenvalue weighted by Gasteiger charge is -2.19. The van der Waals surface area contributed by atoms with Gasteiger partial charge in [-0.3, -0.25) is 9.78 Å². The Hall–Kier alpha value is -2.36. The number of allylic oxidation sites excluding steroid dienone is 5. The Morgan fingerprint density at radius 2 is 1.96 bits per heavy atom. The Kier molecular flexibility index (Phi) is 8.12. The molecule has 1 aromatic rings. The van der Waals surface area contributed by atoms with E-state index in [1.54, 1.807) is 18.5 Å². The number of ether oxygens (including phenoxy) is 1. The summed E-state index contributed by atoms with van der Waals surface area (Å²) in [5.74, 6) is 1.22. The van der Waals surface area contributed by atoms with Crippen molar-refractivity contribution < 1.29 is 11.0 Å². The van der Waals surface area contributed by atoms with Crippen molar-refractivity contribution in [3.8, 4) is 5.75 Å². The van der Waals surface area contributed by atoms with Crippen LogP contribution in [-0.4, -0.2) is 10.9 Å². The van der Waals surface area contributed by atoms with Gasteiger partial charge in [0.15, 0.2) is 5.75 Å². The molecule has 1 aliphatic carbocycles. The molecule has 1 amide bonds. The number of anilines is 1. The number of pyridine rings is 1. The summed E-state index contributed by atoms with van der Waals surface area (Å²) in [7, 11) is 0. The molecule has 0 radical (unpaired) electrons. The third kappa shape index (κ3) is 7.38. The second kappa shape index (κ2) is 9.82. The number of carbonyl (C=O) groups excluding carboxylic acids is 1. The van der Waals surface area contributed by atoms with Gasteiger partial charge in [0, 0.05) is 13.0 Å². The minimum atomic E-state index is -0.469. The molecule has 2 rings (SSSR count). The van der Waals surface area contributed by atoms with Gasteiger partial charge < -0.3 is 10.1 Å². The van der Waals surface area contributed by atoms with Gasteiger partial charge in [-0.05, 0) is 31.6 Å². The normalized spacial score (nSPS) is 13.7. The molecule has 25 heavy (non-hydrogen) atoms. The van der Waals surface area contributed by atoms with E-state index >= 15 is 0 Å². The fourth-order valence-electron chi connectivity index (χ4n) is 1.79. The van der Waals surface area contributed by atoms with E-state index in [9.17, 15) is 4.79 Å². The van der Waals surface area contributed by atoms with Crippen LogP contribution in [-0.2, 0) is 4.79 Å². The number of hydrogen-bond acceptors (Lipinski definition) is 3. The molecule has 0 fully saturated rings.